The SMILES string of the molecule is CCCCCCCCCCCCCCCCCCCc1n(CCCCCCCCCCCCCCCCC)cc[n+]1CCCCCCC. The van der Waals surface area contributed by atoms with E-state index >= 15 is 0 Å². The highest BCUT2D eigenvalue weighted by Gasteiger charge is 2.16. The summed E-state index contributed by atoms with van der Waals surface area (Å²) in [6.45, 7) is 9.41. The monoisotopic (exact) mass is 672 g/mol. The lowest BCUT2D eigenvalue weighted by atomic mass is 10.0. The first-order chi connectivity index (χ1) is 23.8. The third-order valence-corrected chi connectivity index (χ3v) is 11.1. The Hall–Kier alpha value is -0.790. The van der Waals surface area contributed by atoms with Gasteiger partial charge in [-0.1, -0.05) is 226 Å². The average molecular weight is 672 g/mol. The lowest BCUT2D eigenvalue weighted by molar-refractivity contribution is -0.704. The van der Waals surface area contributed by atoms with Crippen molar-refractivity contribution in [2.24, 2.45) is 0 Å². The molecular formula is C46H91N2+. The van der Waals surface area contributed by atoms with Crippen molar-refractivity contribution in [2.45, 2.75) is 278 Å². The Morgan fingerprint density at radius 2 is 0.646 bits per heavy atom. The minimum atomic E-state index is 1.23. The van der Waals surface area contributed by atoms with Gasteiger partial charge in [-0.15, -0.1) is 0 Å². The van der Waals surface area contributed by atoms with E-state index in [4.69, 9.17) is 0 Å². The summed E-state index contributed by atoms with van der Waals surface area (Å²) in [7, 11) is 0. The maximum absolute atomic E-state index is 2.64. The lowest BCUT2D eigenvalue weighted by Gasteiger charge is -2.07. The molecule has 0 aliphatic rings. The molecule has 2 heteroatoms. The van der Waals surface area contributed by atoms with Gasteiger partial charge in [-0.3, -0.25) is 0 Å². The maximum Gasteiger partial charge on any atom is 0.256 e. The number of hydrogen-bond acceptors (Lipinski definition) is 0. The summed E-state index contributed by atoms with van der Waals surface area (Å²) in [5, 5.41) is 0. The Kier molecular flexibility index (Phi) is 35.3. The molecule has 0 aromatic carbocycles. The second-order valence-corrected chi connectivity index (χ2v) is 15.9. The van der Waals surface area contributed by atoms with Crippen LogP contribution in [0, 0.1) is 0 Å². The first-order valence-electron chi connectivity index (χ1n) is 22.9. The number of aryl methyl sites for hydroxylation is 2. The lowest BCUT2D eigenvalue weighted by Crippen LogP contribution is -2.37. The van der Waals surface area contributed by atoms with Crippen LogP contribution in [0.5, 0.6) is 0 Å². The van der Waals surface area contributed by atoms with E-state index < -0.39 is 0 Å². The van der Waals surface area contributed by atoms with Gasteiger partial charge in [0.15, 0.2) is 0 Å². The molecule has 1 aromatic heterocycles. The van der Waals surface area contributed by atoms with Crippen LogP contribution in [0.1, 0.15) is 264 Å². The van der Waals surface area contributed by atoms with Gasteiger partial charge in [0.2, 0.25) is 0 Å². The van der Waals surface area contributed by atoms with Gasteiger partial charge in [-0.05, 0) is 32.1 Å². The molecule has 0 radical (unpaired) electrons. The van der Waals surface area contributed by atoms with Gasteiger partial charge in [-0.2, -0.15) is 0 Å². The van der Waals surface area contributed by atoms with Gasteiger partial charge < -0.3 is 0 Å². The number of imidazole rings is 1. The van der Waals surface area contributed by atoms with Crippen molar-refractivity contribution in [2.75, 3.05) is 0 Å². The van der Waals surface area contributed by atoms with Crippen LogP contribution < -0.4 is 4.57 Å². The molecular weight excluding hydrogens is 581 g/mol. The van der Waals surface area contributed by atoms with E-state index in [0.717, 1.165) is 0 Å². The fraction of sp³-hybridized carbons (Fsp3) is 0.935. The van der Waals surface area contributed by atoms with Crippen molar-refractivity contribution < 1.29 is 4.57 Å². The Morgan fingerprint density at radius 3 is 1.00 bits per heavy atom. The van der Waals surface area contributed by atoms with Crippen LogP contribution >= 0.6 is 0 Å². The van der Waals surface area contributed by atoms with Crippen molar-refractivity contribution in [1.82, 2.24) is 4.57 Å². The van der Waals surface area contributed by atoms with E-state index in [1.54, 1.807) is 5.82 Å². The molecule has 0 spiro atoms. The molecule has 0 fully saturated rings. The Labute approximate surface area is 304 Å². The summed E-state index contributed by atoms with van der Waals surface area (Å²) < 4.78 is 5.27. The van der Waals surface area contributed by atoms with E-state index in [1.807, 2.05) is 0 Å². The molecule has 0 atom stereocenters. The molecule has 1 heterocycles. The van der Waals surface area contributed by atoms with Crippen LogP contribution in [-0.4, -0.2) is 4.57 Å². The van der Waals surface area contributed by atoms with Gasteiger partial charge in [0.05, 0.1) is 13.1 Å². The van der Waals surface area contributed by atoms with Crippen molar-refractivity contribution in [3.8, 4) is 0 Å². The van der Waals surface area contributed by atoms with Crippen molar-refractivity contribution in [3.05, 3.63) is 18.2 Å². The Balaban J connectivity index is 2.14. The molecule has 0 N–H and O–H groups in total. The average Bonchev–Trinajstić information content (AvgIpc) is 3.48. The number of rotatable bonds is 40. The third kappa shape index (κ3) is 29.0. The van der Waals surface area contributed by atoms with Gasteiger partial charge in [0.25, 0.3) is 5.82 Å². The number of aromatic nitrogens is 2. The van der Waals surface area contributed by atoms with Crippen LogP contribution in [0.25, 0.3) is 0 Å². The summed E-state index contributed by atoms with van der Waals surface area (Å²) in [5.74, 6) is 1.62. The summed E-state index contributed by atoms with van der Waals surface area (Å²) in [5.41, 5.74) is 0. The van der Waals surface area contributed by atoms with Crippen LogP contribution in [0.2, 0.25) is 0 Å². The summed E-state index contributed by atoms with van der Waals surface area (Å²) in [6, 6.07) is 0. The Morgan fingerprint density at radius 1 is 0.354 bits per heavy atom. The van der Waals surface area contributed by atoms with E-state index in [1.165, 1.54) is 257 Å². The highest BCUT2D eigenvalue weighted by Crippen LogP contribution is 2.16. The second kappa shape index (κ2) is 37.5. The van der Waals surface area contributed by atoms with Crippen molar-refractivity contribution >= 4 is 0 Å². The largest absolute Gasteiger partial charge is 0.256 e. The van der Waals surface area contributed by atoms with Gasteiger partial charge in [0, 0.05) is 6.42 Å². The van der Waals surface area contributed by atoms with E-state index in [0.29, 0.717) is 0 Å². The zero-order valence-electron chi connectivity index (χ0n) is 33.8. The molecule has 1 rings (SSSR count). The Bertz CT molecular complexity index is 736. The molecule has 0 amide bonds. The summed E-state index contributed by atoms with van der Waals surface area (Å²) in [6.07, 6.45) is 59.4. The second-order valence-electron chi connectivity index (χ2n) is 15.9. The van der Waals surface area contributed by atoms with Gasteiger partial charge in [-0.25, -0.2) is 9.13 Å². The highest BCUT2D eigenvalue weighted by molar-refractivity contribution is 4.84. The van der Waals surface area contributed by atoms with Crippen molar-refractivity contribution in [1.29, 1.82) is 0 Å². The minimum Gasteiger partial charge on any atom is -0.234 e. The number of unbranched alkanes of at least 4 members (excludes halogenated alkanes) is 34. The van der Waals surface area contributed by atoms with Crippen LogP contribution in [0.15, 0.2) is 12.4 Å². The van der Waals surface area contributed by atoms with Crippen LogP contribution in [0.4, 0.5) is 0 Å². The maximum atomic E-state index is 2.64. The van der Waals surface area contributed by atoms with Gasteiger partial charge in [0.1, 0.15) is 12.4 Å². The van der Waals surface area contributed by atoms with E-state index in [9.17, 15) is 0 Å². The predicted octanol–water partition coefficient (Wildman–Crippen LogP) is 15.8. The minimum absolute atomic E-state index is 1.23. The smallest absolute Gasteiger partial charge is 0.234 e. The molecule has 0 aliphatic heterocycles. The zero-order chi connectivity index (χ0) is 34.4. The topological polar surface area (TPSA) is 8.81 Å². The first kappa shape index (κ1) is 45.2. The fourth-order valence-electron chi connectivity index (χ4n) is 7.74. The standard InChI is InChI=1S/C46H91N2/c1-4-7-10-13-15-17-19-21-23-24-25-27-29-31-33-35-38-41-46-47(42-39-36-12-9-6-3)44-45-48(46)43-40-37-34-32-30-28-26-22-20-18-16-14-11-8-5-2/h44-45H,4-43H2,1-3H3/q+1. The normalized spacial score (nSPS) is 11.6. The molecule has 0 aliphatic carbocycles. The third-order valence-electron chi connectivity index (χ3n) is 11.1. The molecule has 1 aromatic rings. The molecule has 0 unspecified atom stereocenters. The molecule has 2 nitrogen and oxygen atoms in total. The number of nitrogens with zero attached hydrogens (tertiary/aromatic N) is 2. The van der Waals surface area contributed by atoms with E-state index in [-0.39, 0.29) is 0 Å². The van der Waals surface area contributed by atoms with Crippen LogP contribution in [-0.2, 0) is 19.5 Å². The quantitative estimate of drug-likeness (QED) is 0.0485. The molecule has 0 bridgehead atoms. The highest BCUT2D eigenvalue weighted by atomic mass is 15.1. The molecule has 48 heavy (non-hydrogen) atoms. The summed E-state index contributed by atoms with van der Waals surface area (Å²) in [4.78, 5) is 0. The van der Waals surface area contributed by atoms with Gasteiger partial charge >= 0.3 is 0 Å². The zero-order valence-corrected chi connectivity index (χ0v) is 33.8. The summed E-state index contributed by atoms with van der Waals surface area (Å²) >= 11 is 0. The van der Waals surface area contributed by atoms with Crippen LogP contribution in [0.3, 0.4) is 0 Å². The molecule has 0 saturated heterocycles. The molecule has 284 valence electrons. The fourth-order valence-corrected chi connectivity index (χ4v) is 7.74. The predicted molar refractivity (Wildman–Crippen MR) is 216 cm³/mol. The van der Waals surface area contributed by atoms with Crippen molar-refractivity contribution in [3.63, 3.8) is 0 Å². The number of hydrogen-bond donors (Lipinski definition) is 0. The van der Waals surface area contributed by atoms with E-state index in [2.05, 4.69) is 42.3 Å². The first-order valence-corrected chi connectivity index (χ1v) is 22.9. The molecule has 0 saturated carbocycles.